The van der Waals surface area contributed by atoms with Crippen LogP contribution in [0.5, 0.6) is 0 Å². The predicted octanol–water partition coefficient (Wildman–Crippen LogP) is -3.20. The van der Waals surface area contributed by atoms with E-state index < -0.39 is 0 Å². The largest absolute Gasteiger partial charge is 1.00 e. The van der Waals surface area contributed by atoms with Gasteiger partial charge in [-0.2, -0.15) is 0 Å². The second-order valence-electron chi connectivity index (χ2n) is 2.68. The van der Waals surface area contributed by atoms with Gasteiger partial charge in [0.05, 0.1) is 10.8 Å². The quantitative estimate of drug-likeness (QED) is 0.297. The first-order valence-corrected chi connectivity index (χ1v) is 3.69. The zero-order valence-electron chi connectivity index (χ0n) is 7.63. The molecule has 2 aromatic rings. The van der Waals surface area contributed by atoms with Gasteiger partial charge >= 0.3 is 18.9 Å². The molecule has 0 radical (unpaired) electrons. The van der Waals surface area contributed by atoms with E-state index >= 15 is 0 Å². The summed E-state index contributed by atoms with van der Waals surface area (Å²) in [5.41, 5.74) is 5.14. The summed E-state index contributed by atoms with van der Waals surface area (Å²) in [6, 6.07) is 4.77. The van der Waals surface area contributed by atoms with Crippen molar-refractivity contribution < 1.29 is 18.9 Å². The third-order valence-corrected chi connectivity index (χ3v) is 1.86. The van der Waals surface area contributed by atoms with Crippen LogP contribution in [0.4, 0.5) is 5.69 Å². The van der Waals surface area contributed by atoms with Crippen molar-refractivity contribution >= 4 is 16.5 Å². The molecule has 0 amide bonds. The van der Waals surface area contributed by atoms with E-state index in [-0.39, 0.29) is 35.4 Å². The van der Waals surface area contributed by atoms with Gasteiger partial charge in [0, 0.05) is 5.69 Å². The molecule has 0 atom stereocenters. The van der Waals surface area contributed by atoms with Crippen LogP contribution in [0.2, 0.25) is 0 Å². The Morgan fingerprint density at radius 3 is 2.36 bits per heavy atom. The van der Waals surface area contributed by atoms with Gasteiger partial charge in [-0.15, -0.1) is 0 Å². The molecule has 1 aromatic heterocycles. The van der Waals surface area contributed by atoms with E-state index in [0.717, 1.165) is 0 Å². The summed E-state index contributed by atoms with van der Waals surface area (Å²) in [4.78, 5) is 22.4. The summed E-state index contributed by atoms with van der Waals surface area (Å²) in [5.74, 6) is 0. The molecule has 14 heavy (non-hydrogen) atoms. The Morgan fingerprint density at radius 2 is 1.71 bits per heavy atom. The molecule has 2 rings (SSSR count). The summed E-state index contributed by atoms with van der Waals surface area (Å²) >= 11 is 0. The molecule has 0 saturated heterocycles. The van der Waals surface area contributed by atoms with E-state index in [0.29, 0.717) is 11.1 Å². The number of hydrogen-bond donors (Lipinski definition) is 3. The van der Waals surface area contributed by atoms with Crippen molar-refractivity contribution in [1.82, 2.24) is 10.2 Å². The number of benzene rings is 1. The Balaban J connectivity index is 0.000000980. The number of nitrogen functional groups attached to an aromatic ring is 1. The molecule has 0 fully saturated rings. The molecule has 0 saturated carbocycles. The van der Waals surface area contributed by atoms with E-state index in [1.54, 1.807) is 18.2 Å². The van der Waals surface area contributed by atoms with Crippen LogP contribution in [-0.4, -0.2) is 10.2 Å². The number of H-pyrrole nitrogens is 2. The molecule has 0 unspecified atom stereocenters. The minimum atomic E-state index is -0.382. The van der Waals surface area contributed by atoms with Crippen molar-refractivity contribution in [2.75, 3.05) is 5.73 Å². The maximum Gasteiger partial charge on any atom is 1.00 e. The number of anilines is 1. The molecule has 0 bridgehead atoms. The van der Waals surface area contributed by atoms with Crippen molar-refractivity contribution in [3.05, 3.63) is 38.9 Å². The van der Waals surface area contributed by atoms with Crippen LogP contribution >= 0.6 is 0 Å². The topological polar surface area (TPSA) is 91.7 Å². The smallest absolute Gasteiger partial charge is 0.398 e. The molecule has 0 aliphatic carbocycles. The van der Waals surface area contributed by atoms with Gasteiger partial charge in [-0.25, -0.2) is 0 Å². The Kier molecular flexibility index (Phi) is 2.84. The van der Waals surface area contributed by atoms with Crippen LogP contribution in [0, 0.1) is 0 Å². The number of hydrogen-bond acceptors (Lipinski definition) is 3. The third kappa shape index (κ3) is 1.48. The van der Waals surface area contributed by atoms with Gasteiger partial charge in [-0.1, -0.05) is 6.07 Å². The molecule has 4 N–H and O–H groups in total. The van der Waals surface area contributed by atoms with Crippen LogP contribution in [-0.2, 0) is 0 Å². The van der Waals surface area contributed by atoms with Gasteiger partial charge in [0.2, 0.25) is 0 Å². The standard InChI is InChI=1S/C8H7N3O2.Li/c9-5-3-1-2-4-6(5)8(13)11-10-7(4)12;/h1-3H,9H2,(H,10,12)(H,11,13);/q;+1. The monoisotopic (exact) mass is 184 g/mol. The van der Waals surface area contributed by atoms with Crippen LogP contribution in [0.1, 0.15) is 0 Å². The third-order valence-electron chi connectivity index (χ3n) is 1.86. The van der Waals surface area contributed by atoms with Crippen molar-refractivity contribution in [3.8, 4) is 0 Å². The van der Waals surface area contributed by atoms with Crippen LogP contribution < -0.4 is 35.7 Å². The van der Waals surface area contributed by atoms with Gasteiger partial charge in [0.25, 0.3) is 11.1 Å². The Labute approximate surface area is 90.5 Å². The molecule has 66 valence electrons. The zero-order valence-corrected chi connectivity index (χ0v) is 7.63. The summed E-state index contributed by atoms with van der Waals surface area (Å²) in [5, 5.41) is 4.98. The van der Waals surface area contributed by atoms with E-state index in [2.05, 4.69) is 10.2 Å². The number of fused-ring (bicyclic) bond motifs is 1. The molecule has 6 heteroatoms. The van der Waals surface area contributed by atoms with Crippen LogP contribution in [0.25, 0.3) is 10.8 Å². The first-order valence-electron chi connectivity index (χ1n) is 3.69. The predicted molar refractivity (Wildman–Crippen MR) is 49.6 cm³/mol. The SMILES string of the molecule is Nc1cccc2c(=O)[nH][nH]c(=O)c12.[Li+]. The molecular formula is C8H7LiN3O2+. The van der Waals surface area contributed by atoms with E-state index in [4.69, 9.17) is 5.73 Å². The van der Waals surface area contributed by atoms with Gasteiger partial charge in [-0.05, 0) is 12.1 Å². The van der Waals surface area contributed by atoms with Crippen LogP contribution in [0.15, 0.2) is 27.8 Å². The van der Waals surface area contributed by atoms with Gasteiger partial charge in [0.1, 0.15) is 0 Å². The summed E-state index contributed by atoms with van der Waals surface area (Å²) in [6.07, 6.45) is 0. The molecule has 0 spiro atoms. The molecule has 1 heterocycles. The Hall–Kier alpha value is -1.44. The number of rotatable bonds is 0. The van der Waals surface area contributed by atoms with Gasteiger partial charge in [-0.3, -0.25) is 19.8 Å². The zero-order chi connectivity index (χ0) is 9.42. The maximum absolute atomic E-state index is 11.2. The average molecular weight is 184 g/mol. The number of aromatic nitrogens is 2. The molecular weight excluding hydrogens is 177 g/mol. The fourth-order valence-corrected chi connectivity index (χ4v) is 1.26. The summed E-state index contributed by atoms with van der Waals surface area (Å²) in [7, 11) is 0. The van der Waals surface area contributed by atoms with Gasteiger partial charge < -0.3 is 5.73 Å². The molecule has 0 aliphatic rings. The summed E-state index contributed by atoms with van der Waals surface area (Å²) in [6.45, 7) is 0. The molecule has 5 nitrogen and oxygen atoms in total. The average Bonchev–Trinajstić information content (AvgIpc) is 2.12. The summed E-state index contributed by atoms with van der Waals surface area (Å²) < 4.78 is 0. The fourth-order valence-electron chi connectivity index (χ4n) is 1.26. The molecule has 0 aliphatic heterocycles. The van der Waals surface area contributed by atoms with Crippen molar-refractivity contribution in [1.29, 1.82) is 0 Å². The van der Waals surface area contributed by atoms with E-state index in [9.17, 15) is 9.59 Å². The van der Waals surface area contributed by atoms with E-state index in [1.165, 1.54) is 0 Å². The second-order valence-corrected chi connectivity index (χ2v) is 2.68. The fraction of sp³-hybridized carbons (Fsp3) is 0. The van der Waals surface area contributed by atoms with Gasteiger partial charge in [0.15, 0.2) is 0 Å². The minimum absolute atomic E-state index is 0. The number of nitrogens with one attached hydrogen (secondary N) is 2. The van der Waals surface area contributed by atoms with Crippen LogP contribution in [0.3, 0.4) is 0 Å². The number of aromatic amines is 2. The Morgan fingerprint density at radius 1 is 1.07 bits per heavy atom. The van der Waals surface area contributed by atoms with Crippen molar-refractivity contribution in [2.24, 2.45) is 0 Å². The minimum Gasteiger partial charge on any atom is -0.398 e. The van der Waals surface area contributed by atoms with Crippen molar-refractivity contribution in [3.63, 3.8) is 0 Å². The normalized spacial score (nSPS) is 9.71. The Bertz CT molecular complexity index is 573. The maximum atomic E-state index is 11.2. The van der Waals surface area contributed by atoms with Crippen molar-refractivity contribution in [2.45, 2.75) is 0 Å². The first kappa shape index (κ1) is 10.6. The number of nitrogens with two attached hydrogens (primary N) is 1. The first-order chi connectivity index (χ1) is 6.20. The van der Waals surface area contributed by atoms with E-state index in [1.807, 2.05) is 0 Å². The molecule has 1 aromatic carbocycles. The second kappa shape index (κ2) is 3.74.